The number of aryl methyl sites for hydroxylation is 1. The van der Waals surface area contributed by atoms with Gasteiger partial charge in [-0.3, -0.25) is 43.4 Å². The first-order chi connectivity index (χ1) is 51.9. The molecule has 0 radical (unpaired) electrons. The molecule has 0 aliphatic rings. The summed E-state index contributed by atoms with van der Waals surface area (Å²) in [7, 11) is 0. The molecular weight excluding hydrogens is 1400 g/mol. The van der Waals surface area contributed by atoms with Crippen LogP contribution in [0.3, 0.4) is 0 Å². The van der Waals surface area contributed by atoms with Crippen LogP contribution in [0.4, 0.5) is 0 Å². The molecule has 580 valence electrons. The van der Waals surface area contributed by atoms with E-state index in [1.807, 2.05) is 0 Å². The van der Waals surface area contributed by atoms with Crippen LogP contribution in [0.15, 0.2) is 160 Å². The number of rotatable bonds is 50. The molecule has 0 saturated heterocycles. The number of carbonyl (C=O) groups is 7. The van der Waals surface area contributed by atoms with Gasteiger partial charge in [-0.2, -0.15) is 0 Å². The largest absolute Gasteiger partial charge is 0.507 e. The molecule has 0 aliphatic heterocycles. The van der Waals surface area contributed by atoms with Gasteiger partial charge in [0.05, 0.1) is 49.8 Å². The standard InChI is InChI=1S/C80H98N6O22/c1-6-33-85(34-7-2)62(45-54-24-26-65(88)69(92)47-54)77(100)107-43-39-103-37-41-105-57-49-56(50-58(51-57)106-42-38-104-40-44-108-78(101)63(86(35-8-3)36-9-4)46-55-25-27-66(89)70(93)48-55)74(97)83-52-84-79(102)80(28-11-10-21-64(87)59-18-13-22-67(90)72(59)95,29-15-31-81-75(98)60-19-12-17-53(5)71(60)94)30-16-32-82-76(99)61-20-14-23-68(91)73(61)96/h6-9,12-14,17-20,22-27,47-51,62-63,88-96H,1-4,10-11,15-16,21,28-46,52H2,5H3,(H,81,98)(H,82,99)(H,83,97)(H,84,102)/t62-,63-,80?/m0/s1. The molecule has 0 bridgehead atoms. The van der Waals surface area contributed by atoms with Crippen molar-refractivity contribution in [3.05, 3.63) is 199 Å². The van der Waals surface area contributed by atoms with Gasteiger partial charge in [0, 0.05) is 62.7 Å². The van der Waals surface area contributed by atoms with E-state index < -0.39 is 88.5 Å². The average molecular weight is 1500 g/mol. The van der Waals surface area contributed by atoms with Gasteiger partial charge in [0.15, 0.2) is 51.8 Å². The Morgan fingerprint density at radius 2 is 0.880 bits per heavy atom. The molecule has 6 aromatic rings. The predicted octanol–water partition coefficient (Wildman–Crippen LogP) is 8.45. The van der Waals surface area contributed by atoms with Crippen LogP contribution in [0.5, 0.6) is 63.2 Å². The van der Waals surface area contributed by atoms with Crippen molar-refractivity contribution in [3.8, 4) is 63.2 Å². The Labute approximate surface area is 627 Å². The number of para-hydroxylation sites is 3. The number of carbonyl (C=O) groups excluding carboxylic acids is 7. The van der Waals surface area contributed by atoms with E-state index in [9.17, 15) is 74.7 Å². The third kappa shape index (κ3) is 26.5. The minimum atomic E-state index is -1.33. The molecule has 0 saturated carbocycles. The number of aromatic hydroxyl groups is 9. The number of Topliss-reactive ketones (excluding diaryl/α,β-unsaturated/α-hetero) is 1. The van der Waals surface area contributed by atoms with Crippen molar-refractivity contribution >= 4 is 41.4 Å². The van der Waals surface area contributed by atoms with Gasteiger partial charge in [-0.05, 0) is 142 Å². The number of esters is 2. The highest BCUT2D eigenvalue weighted by Crippen LogP contribution is 2.38. The first-order valence-corrected chi connectivity index (χ1v) is 35.2. The van der Waals surface area contributed by atoms with Gasteiger partial charge in [-0.1, -0.05) is 67.1 Å². The molecular formula is C80H98N6O22. The van der Waals surface area contributed by atoms with Gasteiger partial charge >= 0.3 is 11.9 Å². The van der Waals surface area contributed by atoms with E-state index in [0.29, 0.717) is 42.9 Å². The van der Waals surface area contributed by atoms with Gasteiger partial charge in [0.1, 0.15) is 55.8 Å². The summed E-state index contributed by atoms with van der Waals surface area (Å²) in [6.07, 6.45) is 7.74. The van der Waals surface area contributed by atoms with Crippen molar-refractivity contribution in [1.29, 1.82) is 0 Å². The van der Waals surface area contributed by atoms with Gasteiger partial charge in [0.2, 0.25) is 5.91 Å². The summed E-state index contributed by atoms with van der Waals surface area (Å²) < 4.78 is 35.0. The minimum Gasteiger partial charge on any atom is -0.507 e. The lowest BCUT2D eigenvalue weighted by Gasteiger charge is -2.33. The average Bonchev–Trinajstić information content (AvgIpc) is 0.823. The number of phenols is 9. The highest BCUT2D eigenvalue weighted by molar-refractivity contribution is 6.00. The highest BCUT2D eigenvalue weighted by atomic mass is 16.6. The van der Waals surface area contributed by atoms with Crippen molar-refractivity contribution in [2.75, 3.05) is 98.8 Å². The zero-order chi connectivity index (χ0) is 78.5. The Bertz CT molecular complexity index is 3730. The lowest BCUT2D eigenvalue weighted by Crippen LogP contribution is -2.46. The molecule has 1 unspecified atom stereocenters. The number of phenolic OH excluding ortho intramolecular Hbond substituents is 9. The van der Waals surface area contributed by atoms with Crippen LogP contribution in [0.25, 0.3) is 0 Å². The fraction of sp³-hybridized carbons (Fsp3) is 0.362. The van der Waals surface area contributed by atoms with Crippen molar-refractivity contribution in [2.45, 2.75) is 83.2 Å². The smallest absolute Gasteiger partial charge is 0.323 e. The Morgan fingerprint density at radius 3 is 1.35 bits per heavy atom. The summed E-state index contributed by atoms with van der Waals surface area (Å²) >= 11 is 0. The normalized spacial score (nSPS) is 12.2. The molecule has 13 N–H and O–H groups in total. The van der Waals surface area contributed by atoms with Crippen molar-refractivity contribution in [1.82, 2.24) is 31.1 Å². The van der Waals surface area contributed by atoms with E-state index in [-0.39, 0.29) is 193 Å². The Kier molecular flexibility index (Phi) is 35.1. The van der Waals surface area contributed by atoms with Crippen molar-refractivity contribution in [2.24, 2.45) is 5.41 Å². The first-order valence-electron chi connectivity index (χ1n) is 35.2. The summed E-state index contributed by atoms with van der Waals surface area (Å²) in [5.74, 6) is -7.63. The summed E-state index contributed by atoms with van der Waals surface area (Å²) in [4.78, 5) is 100. The van der Waals surface area contributed by atoms with E-state index in [0.717, 1.165) is 0 Å². The summed E-state index contributed by atoms with van der Waals surface area (Å²) in [6, 6.07) is 23.9. The van der Waals surface area contributed by atoms with Crippen LogP contribution < -0.4 is 30.7 Å². The topological polar surface area (TPSA) is 412 Å². The number of hydrogen-bond acceptors (Lipinski definition) is 24. The Balaban J connectivity index is 1.17. The fourth-order valence-corrected chi connectivity index (χ4v) is 11.8. The van der Waals surface area contributed by atoms with Gasteiger partial charge in [-0.25, -0.2) is 0 Å². The van der Waals surface area contributed by atoms with E-state index in [2.05, 4.69) is 47.6 Å². The van der Waals surface area contributed by atoms with E-state index >= 15 is 4.79 Å². The fourth-order valence-electron chi connectivity index (χ4n) is 11.8. The monoisotopic (exact) mass is 1490 g/mol. The van der Waals surface area contributed by atoms with Crippen LogP contribution in [-0.2, 0) is 46.2 Å². The summed E-state index contributed by atoms with van der Waals surface area (Å²) in [5.41, 5.74) is 0.0107. The molecule has 0 aliphatic carbocycles. The number of nitrogens with zero attached hydrogens (tertiary/aromatic N) is 2. The predicted molar refractivity (Wildman–Crippen MR) is 401 cm³/mol. The van der Waals surface area contributed by atoms with Crippen molar-refractivity contribution < 1.29 is 108 Å². The molecule has 108 heavy (non-hydrogen) atoms. The lowest BCUT2D eigenvalue weighted by molar-refractivity contribution is -0.152. The third-order valence-corrected chi connectivity index (χ3v) is 17.5. The molecule has 0 fully saturated rings. The van der Waals surface area contributed by atoms with E-state index in [1.54, 1.807) is 65.3 Å². The molecule has 4 amide bonds. The number of nitrogens with one attached hydrogen (secondary N) is 4. The number of ether oxygens (including phenoxy) is 6. The van der Waals surface area contributed by atoms with Gasteiger partial charge < -0.3 is 95.6 Å². The number of unbranched alkanes of at least 4 members (excludes halogenated alkanes) is 1. The molecule has 0 heterocycles. The highest BCUT2D eigenvalue weighted by Gasteiger charge is 2.38. The zero-order valence-corrected chi connectivity index (χ0v) is 60.6. The molecule has 0 aromatic heterocycles. The first kappa shape index (κ1) is 85.3. The molecule has 28 heteroatoms. The molecule has 0 spiro atoms. The van der Waals surface area contributed by atoms with Crippen LogP contribution >= 0.6 is 0 Å². The summed E-state index contributed by atoms with van der Waals surface area (Å²) in [6.45, 7) is 17.0. The molecule has 6 rings (SSSR count). The van der Waals surface area contributed by atoms with Crippen LogP contribution in [0.1, 0.15) is 109 Å². The number of benzene rings is 6. The number of hydrogen-bond donors (Lipinski definition) is 13. The quantitative estimate of drug-likeness (QED) is 0.00425. The second-order valence-electron chi connectivity index (χ2n) is 25.2. The maximum Gasteiger partial charge on any atom is 0.323 e. The van der Waals surface area contributed by atoms with E-state index in [1.165, 1.54) is 84.9 Å². The zero-order valence-electron chi connectivity index (χ0n) is 60.6. The minimum absolute atomic E-state index is 0.00746. The van der Waals surface area contributed by atoms with Crippen LogP contribution in [-0.4, -0.2) is 208 Å². The van der Waals surface area contributed by atoms with Crippen LogP contribution in [0.2, 0.25) is 0 Å². The number of amides is 4. The van der Waals surface area contributed by atoms with Crippen LogP contribution in [0, 0.1) is 12.3 Å². The number of ketones is 1. The van der Waals surface area contributed by atoms with E-state index in [4.69, 9.17) is 28.4 Å². The maximum absolute atomic E-state index is 15.0. The van der Waals surface area contributed by atoms with Gasteiger partial charge in [-0.15, -0.1) is 26.3 Å². The molecule has 28 nitrogen and oxygen atoms in total. The summed E-state index contributed by atoms with van der Waals surface area (Å²) in [5, 5.41) is 103. The second kappa shape index (κ2) is 44.4. The lowest BCUT2D eigenvalue weighted by atomic mass is 9.73. The molecule has 6 aromatic carbocycles. The maximum atomic E-state index is 15.0. The Morgan fingerprint density at radius 1 is 0.444 bits per heavy atom. The second-order valence-corrected chi connectivity index (χ2v) is 25.2. The molecule has 3 atom stereocenters. The SMILES string of the molecule is C=CCN(CC=C)[C@@H](Cc1ccc(O)c(O)c1)C(=O)OCCOCCOc1cc(OCCOCCOC(=O)[C@H](Cc2ccc(O)c(O)c2)N(CC=C)CC=C)cc(C(=O)NCNC(=O)C(CCCCC(=O)c2cccc(O)c2O)(CCCNC(=O)c2cccc(C)c2O)CCCNC(=O)c2cccc(O)c2O)c1. The Hall–Kier alpha value is -11.6. The third-order valence-electron chi connectivity index (χ3n) is 17.5. The van der Waals surface area contributed by atoms with Crippen molar-refractivity contribution in [3.63, 3.8) is 0 Å². The van der Waals surface area contributed by atoms with Gasteiger partial charge in [0.25, 0.3) is 17.7 Å².